The average Bonchev–Trinajstić information content (AvgIpc) is 2.85. The normalized spacial score (nSPS) is 14.8. The van der Waals surface area contributed by atoms with E-state index < -0.39 is 6.04 Å². The van der Waals surface area contributed by atoms with E-state index in [2.05, 4.69) is 20.9 Å². The van der Waals surface area contributed by atoms with E-state index in [9.17, 15) is 14.4 Å². The number of amides is 3. The molecule has 188 valence electrons. The van der Waals surface area contributed by atoms with Crippen LogP contribution >= 0.6 is 0 Å². The predicted molar refractivity (Wildman–Crippen MR) is 136 cm³/mol. The first-order chi connectivity index (χ1) is 16.9. The number of nitrogens with one attached hydrogen (secondary N) is 3. The van der Waals surface area contributed by atoms with E-state index in [1.807, 2.05) is 68.4 Å². The first-order valence-electron chi connectivity index (χ1n) is 12.2. The Kier molecular flexibility index (Phi) is 10.3. The van der Waals surface area contributed by atoms with Crippen molar-refractivity contribution in [3.63, 3.8) is 0 Å². The summed E-state index contributed by atoms with van der Waals surface area (Å²) >= 11 is 0. The maximum atomic E-state index is 13.0. The average molecular weight is 481 g/mol. The number of rotatable bonds is 11. The van der Waals surface area contributed by atoms with Crippen LogP contribution in [0.1, 0.15) is 43.9 Å². The number of morpholine rings is 1. The highest BCUT2D eigenvalue weighted by atomic mass is 16.5. The fourth-order valence-corrected chi connectivity index (χ4v) is 3.89. The van der Waals surface area contributed by atoms with Gasteiger partial charge in [-0.3, -0.25) is 19.3 Å². The molecule has 0 bridgehead atoms. The topological polar surface area (TPSA) is 99.8 Å². The minimum atomic E-state index is -0.773. The standard InChI is InChI=1S/C27H36N4O4/c1-20(2)17-25(33)30-26(22-8-4-3-5-9-22)27(34)28-19-21-7-6-10-23(18-21)29-24(32)11-12-31-13-15-35-16-14-31/h3-10,18,20,26H,11-17,19H2,1-2H3,(H,28,34)(H,29,32)(H,30,33). The molecule has 1 saturated heterocycles. The molecule has 8 heteroatoms. The monoisotopic (exact) mass is 480 g/mol. The number of hydrogen-bond donors (Lipinski definition) is 3. The van der Waals surface area contributed by atoms with Crippen LogP contribution in [-0.4, -0.2) is 55.5 Å². The van der Waals surface area contributed by atoms with Crippen LogP contribution in [0.4, 0.5) is 5.69 Å². The molecule has 0 aliphatic carbocycles. The first-order valence-corrected chi connectivity index (χ1v) is 12.2. The summed E-state index contributed by atoms with van der Waals surface area (Å²) in [6, 6.07) is 15.8. The third-order valence-corrected chi connectivity index (χ3v) is 5.73. The fourth-order valence-electron chi connectivity index (χ4n) is 3.89. The molecular formula is C27H36N4O4. The Morgan fingerprint density at radius 2 is 1.71 bits per heavy atom. The molecule has 2 aromatic carbocycles. The minimum Gasteiger partial charge on any atom is -0.379 e. The summed E-state index contributed by atoms with van der Waals surface area (Å²) in [7, 11) is 0. The Labute approximate surface area is 207 Å². The van der Waals surface area contributed by atoms with Crippen molar-refractivity contribution < 1.29 is 19.1 Å². The molecule has 1 fully saturated rings. The van der Waals surface area contributed by atoms with Crippen LogP contribution in [0.3, 0.4) is 0 Å². The Bertz CT molecular complexity index is 974. The molecule has 0 saturated carbocycles. The number of carbonyl (C=O) groups is 3. The SMILES string of the molecule is CC(C)CC(=O)NC(C(=O)NCc1cccc(NC(=O)CCN2CCOCC2)c1)c1ccccc1. The highest BCUT2D eigenvalue weighted by Gasteiger charge is 2.22. The third-order valence-electron chi connectivity index (χ3n) is 5.73. The fraction of sp³-hybridized carbons (Fsp3) is 0.444. The highest BCUT2D eigenvalue weighted by Crippen LogP contribution is 2.16. The lowest BCUT2D eigenvalue weighted by Crippen LogP contribution is -2.40. The van der Waals surface area contributed by atoms with Gasteiger partial charge in [-0.2, -0.15) is 0 Å². The second-order valence-corrected chi connectivity index (χ2v) is 9.18. The maximum absolute atomic E-state index is 13.0. The molecule has 0 radical (unpaired) electrons. The summed E-state index contributed by atoms with van der Waals surface area (Å²) in [5.41, 5.74) is 2.27. The van der Waals surface area contributed by atoms with Crippen molar-refractivity contribution in [2.45, 2.75) is 39.3 Å². The molecule has 1 atom stereocenters. The zero-order valence-corrected chi connectivity index (χ0v) is 20.6. The Morgan fingerprint density at radius 1 is 0.971 bits per heavy atom. The number of benzene rings is 2. The number of hydrogen-bond acceptors (Lipinski definition) is 5. The molecule has 1 aliphatic heterocycles. The Morgan fingerprint density at radius 3 is 2.43 bits per heavy atom. The van der Waals surface area contributed by atoms with Crippen LogP contribution in [0, 0.1) is 5.92 Å². The van der Waals surface area contributed by atoms with Crippen molar-refractivity contribution in [3.8, 4) is 0 Å². The zero-order chi connectivity index (χ0) is 25.0. The Balaban J connectivity index is 1.54. The van der Waals surface area contributed by atoms with Gasteiger partial charge in [0, 0.05) is 44.7 Å². The predicted octanol–water partition coefficient (Wildman–Crippen LogP) is 2.87. The summed E-state index contributed by atoms with van der Waals surface area (Å²) in [4.78, 5) is 40.0. The lowest BCUT2D eigenvalue weighted by molar-refractivity contribution is -0.129. The van der Waals surface area contributed by atoms with Gasteiger partial charge in [-0.25, -0.2) is 0 Å². The van der Waals surface area contributed by atoms with Crippen LogP contribution in [-0.2, 0) is 25.7 Å². The molecule has 0 aromatic heterocycles. The van der Waals surface area contributed by atoms with E-state index in [0.29, 0.717) is 38.3 Å². The molecule has 1 heterocycles. The molecular weight excluding hydrogens is 444 g/mol. The maximum Gasteiger partial charge on any atom is 0.247 e. The van der Waals surface area contributed by atoms with Crippen LogP contribution < -0.4 is 16.0 Å². The van der Waals surface area contributed by atoms with E-state index in [1.54, 1.807) is 0 Å². The van der Waals surface area contributed by atoms with Gasteiger partial charge in [-0.05, 0) is 29.2 Å². The lowest BCUT2D eigenvalue weighted by Gasteiger charge is -2.26. The van der Waals surface area contributed by atoms with Crippen molar-refractivity contribution in [1.29, 1.82) is 0 Å². The first kappa shape index (κ1) is 26.4. The number of ether oxygens (including phenoxy) is 1. The van der Waals surface area contributed by atoms with Gasteiger partial charge in [0.1, 0.15) is 6.04 Å². The molecule has 0 spiro atoms. The van der Waals surface area contributed by atoms with E-state index in [0.717, 1.165) is 24.2 Å². The van der Waals surface area contributed by atoms with Gasteiger partial charge in [0.05, 0.1) is 13.2 Å². The van der Waals surface area contributed by atoms with Crippen molar-refractivity contribution >= 4 is 23.4 Å². The van der Waals surface area contributed by atoms with Gasteiger partial charge < -0.3 is 20.7 Å². The van der Waals surface area contributed by atoms with Gasteiger partial charge in [-0.15, -0.1) is 0 Å². The molecule has 35 heavy (non-hydrogen) atoms. The summed E-state index contributed by atoms with van der Waals surface area (Å²) in [5, 5.41) is 8.72. The second-order valence-electron chi connectivity index (χ2n) is 9.18. The molecule has 1 aliphatic rings. The smallest absolute Gasteiger partial charge is 0.247 e. The second kappa shape index (κ2) is 13.6. The summed E-state index contributed by atoms with van der Waals surface area (Å²) < 4.78 is 5.34. The molecule has 3 N–H and O–H groups in total. The number of nitrogens with zero attached hydrogens (tertiary/aromatic N) is 1. The van der Waals surface area contributed by atoms with Crippen LogP contribution in [0.25, 0.3) is 0 Å². The quantitative estimate of drug-likeness (QED) is 0.459. The van der Waals surface area contributed by atoms with E-state index in [4.69, 9.17) is 4.74 Å². The molecule has 2 aromatic rings. The van der Waals surface area contributed by atoms with Crippen LogP contribution in [0.15, 0.2) is 54.6 Å². The van der Waals surface area contributed by atoms with E-state index in [-0.39, 0.29) is 30.2 Å². The summed E-state index contributed by atoms with van der Waals surface area (Å²) in [6.07, 6.45) is 0.764. The van der Waals surface area contributed by atoms with Gasteiger partial charge >= 0.3 is 0 Å². The van der Waals surface area contributed by atoms with Crippen molar-refractivity contribution in [1.82, 2.24) is 15.5 Å². The summed E-state index contributed by atoms with van der Waals surface area (Å²) in [6.45, 7) is 8.03. The third kappa shape index (κ3) is 9.15. The highest BCUT2D eigenvalue weighted by molar-refractivity contribution is 5.91. The Hall–Kier alpha value is -3.23. The minimum absolute atomic E-state index is 0.0466. The molecule has 8 nitrogen and oxygen atoms in total. The van der Waals surface area contributed by atoms with Crippen molar-refractivity contribution in [2.24, 2.45) is 5.92 Å². The lowest BCUT2D eigenvalue weighted by atomic mass is 10.0. The van der Waals surface area contributed by atoms with Gasteiger partial charge in [0.25, 0.3) is 0 Å². The zero-order valence-electron chi connectivity index (χ0n) is 20.6. The number of carbonyl (C=O) groups excluding carboxylic acids is 3. The van der Waals surface area contributed by atoms with Gasteiger partial charge in [-0.1, -0.05) is 56.3 Å². The summed E-state index contributed by atoms with van der Waals surface area (Å²) in [5.74, 6) is -0.296. The molecule has 3 rings (SSSR count). The number of anilines is 1. The van der Waals surface area contributed by atoms with Gasteiger partial charge in [0.2, 0.25) is 17.7 Å². The van der Waals surface area contributed by atoms with Gasteiger partial charge in [0.15, 0.2) is 0 Å². The van der Waals surface area contributed by atoms with Crippen molar-refractivity contribution in [2.75, 3.05) is 38.2 Å². The van der Waals surface area contributed by atoms with Crippen molar-refractivity contribution in [3.05, 3.63) is 65.7 Å². The van der Waals surface area contributed by atoms with E-state index >= 15 is 0 Å². The molecule has 3 amide bonds. The van der Waals surface area contributed by atoms with Crippen LogP contribution in [0.2, 0.25) is 0 Å². The van der Waals surface area contributed by atoms with E-state index in [1.165, 1.54) is 0 Å². The van der Waals surface area contributed by atoms with Crippen LogP contribution in [0.5, 0.6) is 0 Å². The largest absolute Gasteiger partial charge is 0.379 e. The molecule has 1 unspecified atom stereocenters.